The summed E-state index contributed by atoms with van der Waals surface area (Å²) in [5.74, 6) is 0.000250. The van der Waals surface area contributed by atoms with Gasteiger partial charge in [0.15, 0.2) is 0 Å². The average Bonchev–Trinajstić information content (AvgIpc) is 3.02. The minimum absolute atomic E-state index is 0.000250. The van der Waals surface area contributed by atoms with Crippen LogP contribution in [-0.2, 0) is 29.5 Å². The normalized spacial score (nSPS) is 16.8. The van der Waals surface area contributed by atoms with Crippen LogP contribution >= 0.6 is 0 Å². The van der Waals surface area contributed by atoms with E-state index in [4.69, 9.17) is 4.74 Å². The summed E-state index contributed by atoms with van der Waals surface area (Å²) >= 11 is 0. The SMILES string of the molecule is CCOC(=O)C1(CCCc2ccccc2)CCN(Cc2cnn(C)c2C)CC1. The first-order chi connectivity index (χ1) is 13.5. The molecule has 0 N–H and O–H groups in total. The van der Waals surface area contributed by atoms with Gasteiger partial charge in [0.2, 0.25) is 0 Å². The van der Waals surface area contributed by atoms with Crippen molar-refractivity contribution in [2.75, 3.05) is 19.7 Å². The zero-order chi connectivity index (χ0) is 20.0. The predicted molar refractivity (Wildman–Crippen MR) is 111 cm³/mol. The van der Waals surface area contributed by atoms with Gasteiger partial charge in [-0.1, -0.05) is 30.3 Å². The summed E-state index contributed by atoms with van der Waals surface area (Å²) in [6.07, 6.45) is 6.65. The Bertz CT molecular complexity index is 761. The van der Waals surface area contributed by atoms with Crippen molar-refractivity contribution in [1.82, 2.24) is 14.7 Å². The highest BCUT2D eigenvalue weighted by atomic mass is 16.5. The Labute approximate surface area is 168 Å². The molecule has 1 aromatic carbocycles. The summed E-state index contributed by atoms with van der Waals surface area (Å²) in [4.78, 5) is 15.3. The van der Waals surface area contributed by atoms with Crippen LogP contribution in [0.5, 0.6) is 0 Å². The number of hydrogen-bond donors (Lipinski definition) is 0. The van der Waals surface area contributed by atoms with Crippen LogP contribution in [0.3, 0.4) is 0 Å². The monoisotopic (exact) mass is 383 g/mol. The van der Waals surface area contributed by atoms with E-state index < -0.39 is 0 Å². The van der Waals surface area contributed by atoms with Crippen molar-refractivity contribution in [3.8, 4) is 0 Å². The number of ether oxygens (including phenoxy) is 1. The second kappa shape index (κ2) is 9.37. The van der Waals surface area contributed by atoms with E-state index in [1.807, 2.05) is 30.9 Å². The van der Waals surface area contributed by atoms with Gasteiger partial charge in [0, 0.05) is 24.8 Å². The third-order valence-electron chi connectivity index (χ3n) is 6.22. The number of likely N-dealkylation sites (tertiary alicyclic amines) is 1. The highest BCUT2D eigenvalue weighted by molar-refractivity contribution is 5.77. The van der Waals surface area contributed by atoms with Gasteiger partial charge in [0.25, 0.3) is 0 Å². The molecule has 1 fully saturated rings. The van der Waals surface area contributed by atoms with Crippen molar-refractivity contribution < 1.29 is 9.53 Å². The molecule has 2 aromatic rings. The van der Waals surface area contributed by atoms with E-state index in [1.165, 1.54) is 16.8 Å². The smallest absolute Gasteiger partial charge is 0.312 e. The molecule has 0 radical (unpaired) electrons. The number of rotatable bonds is 8. The molecule has 1 aliphatic rings. The molecule has 0 aliphatic carbocycles. The fraction of sp³-hybridized carbons (Fsp3) is 0.565. The molecule has 0 atom stereocenters. The average molecular weight is 384 g/mol. The maximum Gasteiger partial charge on any atom is 0.312 e. The Hall–Kier alpha value is -2.14. The van der Waals surface area contributed by atoms with Crippen LogP contribution in [0.2, 0.25) is 0 Å². The molecule has 0 unspecified atom stereocenters. The minimum Gasteiger partial charge on any atom is -0.466 e. The molecule has 1 aliphatic heterocycles. The molecule has 5 heteroatoms. The number of nitrogens with zero attached hydrogens (tertiary/aromatic N) is 3. The van der Waals surface area contributed by atoms with Gasteiger partial charge in [-0.3, -0.25) is 14.4 Å². The Morgan fingerprint density at radius 3 is 2.54 bits per heavy atom. The number of esters is 1. The maximum atomic E-state index is 12.8. The number of aryl methyl sites for hydroxylation is 2. The fourth-order valence-corrected chi connectivity index (χ4v) is 4.20. The number of hydrogen-bond acceptors (Lipinski definition) is 4. The molecule has 0 spiro atoms. The molecule has 5 nitrogen and oxygen atoms in total. The number of piperidine rings is 1. The van der Waals surface area contributed by atoms with Crippen molar-refractivity contribution >= 4 is 5.97 Å². The number of carbonyl (C=O) groups is 1. The topological polar surface area (TPSA) is 47.4 Å². The zero-order valence-corrected chi connectivity index (χ0v) is 17.5. The molecule has 1 saturated heterocycles. The van der Waals surface area contributed by atoms with E-state index in [2.05, 4.69) is 41.2 Å². The van der Waals surface area contributed by atoms with Gasteiger partial charge in [-0.05, 0) is 64.6 Å². The van der Waals surface area contributed by atoms with Gasteiger partial charge in [0.1, 0.15) is 0 Å². The van der Waals surface area contributed by atoms with Crippen molar-refractivity contribution in [3.05, 3.63) is 53.3 Å². The van der Waals surface area contributed by atoms with Gasteiger partial charge in [-0.15, -0.1) is 0 Å². The van der Waals surface area contributed by atoms with Crippen LogP contribution in [0, 0.1) is 12.3 Å². The van der Waals surface area contributed by atoms with Crippen molar-refractivity contribution in [3.63, 3.8) is 0 Å². The molecule has 2 heterocycles. The Balaban J connectivity index is 1.59. The first kappa shape index (κ1) is 20.6. The lowest BCUT2D eigenvalue weighted by Crippen LogP contribution is -2.45. The van der Waals surface area contributed by atoms with E-state index in [-0.39, 0.29) is 11.4 Å². The van der Waals surface area contributed by atoms with Crippen LogP contribution < -0.4 is 0 Å². The molecule has 28 heavy (non-hydrogen) atoms. The first-order valence-electron chi connectivity index (χ1n) is 10.4. The molecule has 0 amide bonds. The second-order valence-electron chi connectivity index (χ2n) is 7.99. The Kier molecular flexibility index (Phi) is 6.89. The molecular formula is C23H33N3O2. The van der Waals surface area contributed by atoms with Crippen LogP contribution in [0.15, 0.2) is 36.5 Å². The summed E-state index contributed by atoms with van der Waals surface area (Å²) in [5, 5.41) is 4.35. The molecule has 0 saturated carbocycles. The summed E-state index contributed by atoms with van der Waals surface area (Å²) in [7, 11) is 1.98. The van der Waals surface area contributed by atoms with Crippen LogP contribution in [0.1, 0.15) is 49.4 Å². The van der Waals surface area contributed by atoms with Crippen molar-refractivity contribution in [1.29, 1.82) is 0 Å². The van der Waals surface area contributed by atoms with E-state index in [9.17, 15) is 4.79 Å². The van der Waals surface area contributed by atoms with Gasteiger partial charge >= 0.3 is 5.97 Å². The fourth-order valence-electron chi connectivity index (χ4n) is 4.20. The van der Waals surface area contributed by atoms with Crippen LogP contribution in [0.25, 0.3) is 0 Å². The summed E-state index contributed by atoms with van der Waals surface area (Å²) in [6.45, 7) is 7.23. The number of benzene rings is 1. The van der Waals surface area contributed by atoms with Crippen LogP contribution in [-0.4, -0.2) is 40.3 Å². The van der Waals surface area contributed by atoms with E-state index in [0.717, 1.165) is 51.7 Å². The standard InChI is InChI=1S/C23H33N3O2/c1-4-28-22(27)23(12-8-11-20-9-6-5-7-10-20)13-15-26(16-14-23)18-21-17-24-25(3)19(21)2/h5-7,9-10,17H,4,8,11-16,18H2,1-3H3. The van der Waals surface area contributed by atoms with Crippen LogP contribution in [0.4, 0.5) is 0 Å². The second-order valence-corrected chi connectivity index (χ2v) is 7.99. The van der Waals surface area contributed by atoms with E-state index in [0.29, 0.717) is 6.61 Å². The number of carbonyl (C=O) groups excluding carboxylic acids is 1. The third kappa shape index (κ3) is 4.82. The summed E-state index contributed by atoms with van der Waals surface area (Å²) in [5.41, 5.74) is 3.50. The van der Waals surface area contributed by atoms with Gasteiger partial charge in [0.05, 0.1) is 18.2 Å². The molecule has 1 aromatic heterocycles. The Morgan fingerprint density at radius 1 is 1.21 bits per heavy atom. The summed E-state index contributed by atoms with van der Waals surface area (Å²) < 4.78 is 7.42. The van der Waals surface area contributed by atoms with Gasteiger partial charge < -0.3 is 4.74 Å². The quantitative estimate of drug-likeness (QED) is 0.649. The highest BCUT2D eigenvalue weighted by Gasteiger charge is 2.42. The van der Waals surface area contributed by atoms with Crippen molar-refractivity contribution in [2.24, 2.45) is 12.5 Å². The van der Waals surface area contributed by atoms with Gasteiger partial charge in [-0.25, -0.2) is 0 Å². The first-order valence-corrected chi connectivity index (χ1v) is 10.4. The lowest BCUT2D eigenvalue weighted by molar-refractivity contribution is -0.159. The van der Waals surface area contributed by atoms with Crippen molar-refractivity contribution in [2.45, 2.75) is 52.5 Å². The largest absolute Gasteiger partial charge is 0.466 e. The molecular weight excluding hydrogens is 350 g/mol. The highest BCUT2D eigenvalue weighted by Crippen LogP contribution is 2.38. The van der Waals surface area contributed by atoms with E-state index >= 15 is 0 Å². The predicted octanol–water partition coefficient (Wildman–Crippen LogP) is 3.90. The number of aromatic nitrogens is 2. The Morgan fingerprint density at radius 2 is 1.93 bits per heavy atom. The summed E-state index contributed by atoms with van der Waals surface area (Å²) in [6, 6.07) is 10.5. The molecule has 152 valence electrons. The van der Waals surface area contributed by atoms with Gasteiger partial charge in [-0.2, -0.15) is 5.10 Å². The van der Waals surface area contributed by atoms with E-state index in [1.54, 1.807) is 0 Å². The molecule has 3 rings (SSSR count). The third-order valence-corrected chi connectivity index (χ3v) is 6.22. The molecule has 0 bridgehead atoms. The lowest BCUT2D eigenvalue weighted by Gasteiger charge is -2.40. The lowest BCUT2D eigenvalue weighted by atomic mass is 9.74. The minimum atomic E-state index is -0.328. The zero-order valence-electron chi connectivity index (χ0n) is 17.5. The maximum absolute atomic E-state index is 12.8.